The summed E-state index contributed by atoms with van der Waals surface area (Å²) in [6.45, 7) is 2.17. The van der Waals surface area contributed by atoms with E-state index in [9.17, 15) is 0 Å². The van der Waals surface area contributed by atoms with Crippen LogP contribution in [0.2, 0.25) is 0 Å². The molecule has 5 aromatic carbocycles. The van der Waals surface area contributed by atoms with Gasteiger partial charge in [-0.2, -0.15) is 4.48 Å². The number of amides is 2. The lowest BCUT2D eigenvalue weighted by Gasteiger charge is -2.47. The van der Waals surface area contributed by atoms with E-state index in [0.717, 1.165) is 49.6 Å². The molecule has 0 radical (unpaired) electrons. The minimum Gasteiger partial charge on any atom is -0.319 e. The number of nitrogens with one attached hydrogen (secondary N) is 2. The van der Waals surface area contributed by atoms with E-state index < -0.39 is 11.6 Å². The van der Waals surface area contributed by atoms with Crippen molar-refractivity contribution in [3.05, 3.63) is 204 Å². The fourth-order valence-electron chi connectivity index (χ4n) is 8.56. The maximum atomic E-state index is 15.4. The predicted molar refractivity (Wildman–Crippen MR) is 206 cm³/mol. The Morgan fingerprint density at radius 3 is 1.65 bits per heavy atom. The monoisotopic (exact) mass is 677 g/mol. The number of hydrogen-bond acceptors (Lipinski definition) is 5. The highest BCUT2D eigenvalue weighted by Crippen LogP contribution is 2.53. The molecule has 7 aromatic rings. The third-order valence-electron chi connectivity index (χ3n) is 10.7. The van der Waals surface area contributed by atoms with E-state index in [4.69, 9.17) is 15.0 Å². The Bertz CT molecular complexity index is 2370. The molecule has 7 heteroatoms. The van der Waals surface area contributed by atoms with Gasteiger partial charge in [-0.25, -0.2) is 9.79 Å². The van der Waals surface area contributed by atoms with Crippen LogP contribution in [0.25, 0.3) is 21.8 Å². The van der Waals surface area contributed by atoms with Gasteiger partial charge in [-0.1, -0.05) is 134 Å². The lowest BCUT2D eigenvalue weighted by molar-refractivity contribution is -0.870. The van der Waals surface area contributed by atoms with E-state index in [1.54, 1.807) is 0 Å². The van der Waals surface area contributed by atoms with Crippen LogP contribution in [0.15, 0.2) is 181 Å². The first-order valence-electron chi connectivity index (χ1n) is 17.8. The van der Waals surface area contributed by atoms with Crippen molar-refractivity contribution < 1.29 is 9.28 Å². The molecule has 2 aromatic heterocycles. The van der Waals surface area contributed by atoms with E-state index in [1.807, 2.05) is 73.2 Å². The molecule has 0 fully saturated rings. The maximum absolute atomic E-state index is 15.4. The first-order valence-corrected chi connectivity index (χ1v) is 17.8. The zero-order valence-corrected chi connectivity index (χ0v) is 28.7. The first-order chi connectivity index (χ1) is 25.6. The zero-order chi connectivity index (χ0) is 35.1. The molecule has 1 unspecified atom stereocenters. The summed E-state index contributed by atoms with van der Waals surface area (Å²) in [6, 6.07) is 51.0. The number of carbonyl (C=O) groups is 1. The molecule has 2 atom stereocenters. The van der Waals surface area contributed by atoms with Crippen molar-refractivity contribution in [1.29, 1.82) is 0 Å². The minimum absolute atomic E-state index is 0.0744. The molecular weight excluding hydrogens is 641 g/mol. The third kappa shape index (κ3) is 4.77. The average Bonchev–Trinajstić information content (AvgIpc) is 3.49. The van der Waals surface area contributed by atoms with Gasteiger partial charge in [-0.15, -0.1) is 0 Å². The highest BCUT2D eigenvalue weighted by atomic mass is 16.2. The van der Waals surface area contributed by atoms with Gasteiger partial charge in [0.15, 0.2) is 6.04 Å². The molecule has 252 valence electrons. The van der Waals surface area contributed by atoms with E-state index in [1.165, 1.54) is 0 Å². The van der Waals surface area contributed by atoms with Gasteiger partial charge >= 0.3 is 6.03 Å². The highest BCUT2D eigenvalue weighted by Gasteiger charge is 2.63. The Balaban J connectivity index is 1.38. The first kappa shape index (κ1) is 31.5. The van der Waals surface area contributed by atoms with Crippen molar-refractivity contribution in [2.24, 2.45) is 4.99 Å². The molecule has 7 nitrogen and oxygen atoms in total. The second-order valence-electron chi connectivity index (χ2n) is 13.4. The summed E-state index contributed by atoms with van der Waals surface area (Å²) in [5.41, 5.74) is 5.79. The van der Waals surface area contributed by atoms with Gasteiger partial charge in [-0.05, 0) is 35.4 Å². The number of urea groups is 1. The van der Waals surface area contributed by atoms with Crippen molar-refractivity contribution >= 4 is 34.1 Å². The van der Waals surface area contributed by atoms with Gasteiger partial charge in [0.2, 0.25) is 5.82 Å². The quantitative estimate of drug-likeness (QED) is 0.157. The van der Waals surface area contributed by atoms with Crippen molar-refractivity contribution in [2.45, 2.75) is 31.0 Å². The van der Waals surface area contributed by atoms with Crippen LogP contribution >= 0.6 is 0 Å². The summed E-state index contributed by atoms with van der Waals surface area (Å²) in [5.74, 6) is 1.23. The molecule has 0 bridgehead atoms. The molecule has 4 heterocycles. The number of aliphatic imine (C=N–C) groups is 1. The molecule has 2 N–H and O–H groups in total. The van der Waals surface area contributed by atoms with Gasteiger partial charge in [0.1, 0.15) is 11.6 Å². The van der Waals surface area contributed by atoms with Crippen LogP contribution < -0.4 is 10.6 Å². The smallest absolute Gasteiger partial charge is 0.319 e. The molecule has 9 rings (SSSR count). The number of hydrogen-bond donors (Lipinski definition) is 2. The minimum atomic E-state index is -1.02. The van der Waals surface area contributed by atoms with Gasteiger partial charge < -0.3 is 5.32 Å². The summed E-state index contributed by atoms with van der Waals surface area (Å²) >= 11 is 0. The number of nitrogens with zero attached hydrogens (tertiary/aromatic N) is 4. The number of pyridine rings is 2. The second kappa shape index (κ2) is 12.7. The normalized spacial score (nSPS) is 18.3. The number of aromatic nitrogens is 2. The number of fused-ring (bicyclic) bond motifs is 2. The fourth-order valence-corrected chi connectivity index (χ4v) is 8.56. The number of benzene rings is 5. The molecule has 0 saturated heterocycles. The summed E-state index contributed by atoms with van der Waals surface area (Å²) in [4.78, 5) is 30.2. The lowest BCUT2D eigenvalue weighted by Crippen LogP contribution is -2.61. The molecule has 0 saturated carbocycles. The van der Waals surface area contributed by atoms with Gasteiger partial charge in [0.05, 0.1) is 11.0 Å². The second-order valence-corrected chi connectivity index (χ2v) is 13.4. The molecule has 2 aliphatic rings. The third-order valence-corrected chi connectivity index (χ3v) is 10.7. The van der Waals surface area contributed by atoms with Gasteiger partial charge in [0, 0.05) is 52.5 Å². The molecule has 0 aliphatic carbocycles. The summed E-state index contributed by atoms with van der Waals surface area (Å²) < 4.78 is -0.0744. The zero-order valence-electron chi connectivity index (χ0n) is 28.7. The summed E-state index contributed by atoms with van der Waals surface area (Å²) in [6.07, 6.45) is 6.28. The maximum Gasteiger partial charge on any atom is 0.430 e. The summed E-state index contributed by atoms with van der Waals surface area (Å²) in [5, 5.41) is 9.41. The molecular formula is C45H37N6O+. The van der Waals surface area contributed by atoms with Crippen LogP contribution in [0.4, 0.5) is 4.79 Å². The molecule has 0 spiro atoms. The number of rotatable bonds is 8. The SMILES string of the molecule is CCC(c1ccccc1)[N@@+]1(C(c2ccccc2)c2ccccc2)C(=O)NC2=C1NC(c1cccc3ncccc13)(c1cccc3ncccc13)C=N2. The molecule has 2 aliphatic heterocycles. The van der Waals surface area contributed by atoms with Crippen molar-refractivity contribution in [3.63, 3.8) is 0 Å². The number of carbonyl (C=O) groups excluding carboxylic acids is 1. The lowest BCUT2D eigenvalue weighted by atomic mass is 9.79. The topological polar surface area (TPSA) is 79.3 Å². The Hall–Kier alpha value is -6.44. The predicted octanol–water partition coefficient (Wildman–Crippen LogP) is 9.31. The standard InChI is InChI=1S/C45H36N6O/c1-2-40(31-16-6-3-7-17-31)51(41(32-18-8-4-9-19-32)33-20-10-5-11-21-33)43-42(49-44(51)52)48-30-45(50-43,36-24-12-26-38-34(36)22-14-28-46-38)37-25-13-27-39-35(37)23-15-29-47-39/h3-30,40-41,50H,2H2,1H3/p+1/t40?,51-/m0/s1. The van der Waals surface area contributed by atoms with Gasteiger partial charge in [0.25, 0.3) is 5.82 Å². The largest absolute Gasteiger partial charge is 0.430 e. The number of quaternary nitrogens is 1. The highest BCUT2D eigenvalue weighted by molar-refractivity contribution is 5.97. The van der Waals surface area contributed by atoms with Crippen LogP contribution in [0, 0.1) is 0 Å². The van der Waals surface area contributed by atoms with E-state index >= 15 is 4.79 Å². The van der Waals surface area contributed by atoms with Crippen molar-refractivity contribution in [3.8, 4) is 0 Å². The van der Waals surface area contributed by atoms with Crippen LogP contribution in [-0.4, -0.2) is 26.7 Å². The van der Waals surface area contributed by atoms with Crippen LogP contribution in [0.1, 0.15) is 53.2 Å². The Morgan fingerprint density at radius 2 is 1.13 bits per heavy atom. The van der Waals surface area contributed by atoms with Gasteiger partial charge in [-0.3, -0.25) is 15.3 Å². The Labute approximate surface area is 302 Å². The fraction of sp³-hybridized carbons (Fsp3) is 0.111. The Kier molecular flexibility index (Phi) is 7.71. The Morgan fingerprint density at radius 1 is 0.615 bits per heavy atom. The van der Waals surface area contributed by atoms with Crippen LogP contribution in [0.5, 0.6) is 0 Å². The van der Waals surface area contributed by atoms with E-state index in [2.05, 4.69) is 115 Å². The van der Waals surface area contributed by atoms with Crippen LogP contribution in [-0.2, 0) is 5.54 Å². The van der Waals surface area contributed by atoms with E-state index in [-0.39, 0.29) is 16.6 Å². The average molecular weight is 678 g/mol. The van der Waals surface area contributed by atoms with Crippen molar-refractivity contribution in [1.82, 2.24) is 20.6 Å². The molecule has 2 amide bonds. The van der Waals surface area contributed by atoms with E-state index in [0.29, 0.717) is 18.1 Å². The van der Waals surface area contributed by atoms with Crippen molar-refractivity contribution in [2.75, 3.05) is 0 Å². The van der Waals surface area contributed by atoms with Crippen LogP contribution in [0.3, 0.4) is 0 Å². The summed E-state index contributed by atoms with van der Waals surface area (Å²) in [7, 11) is 0. The molecule has 52 heavy (non-hydrogen) atoms.